The van der Waals surface area contributed by atoms with Crippen molar-refractivity contribution in [2.75, 3.05) is 11.9 Å². The van der Waals surface area contributed by atoms with Crippen LogP contribution in [0.2, 0.25) is 0 Å². The summed E-state index contributed by atoms with van der Waals surface area (Å²) in [4.78, 5) is 26.2. The lowest BCUT2D eigenvalue weighted by atomic mass is 9.95. The minimum Gasteiger partial charge on any atom is -0.462 e. The van der Waals surface area contributed by atoms with Gasteiger partial charge in [-0.25, -0.2) is 4.79 Å². The Hall–Kier alpha value is -2.36. The molecule has 0 aliphatic heterocycles. The minimum atomic E-state index is -4.56. The summed E-state index contributed by atoms with van der Waals surface area (Å²) < 4.78 is 45.5. The number of ether oxygens (including phenoxy) is 1. The normalized spacial score (nSPS) is 16.3. The maximum atomic E-state index is 13.1. The molecule has 1 saturated carbocycles. The third-order valence-corrected chi connectivity index (χ3v) is 6.50. The van der Waals surface area contributed by atoms with Gasteiger partial charge in [0.1, 0.15) is 11.5 Å². The first-order chi connectivity index (χ1) is 14.3. The number of alkyl halides is 3. The van der Waals surface area contributed by atoms with Crippen molar-refractivity contribution in [1.82, 2.24) is 9.78 Å². The number of amides is 1. The first kappa shape index (κ1) is 20.9. The van der Waals surface area contributed by atoms with Gasteiger partial charge < -0.3 is 10.1 Å². The van der Waals surface area contributed by atoms with Gasteiger partial charge in [0, 0.05) is 16.5 Å². The van der Waals surface area contributed by atoms with Crippen LogP contribution in [-0.4, -0.2) is 28.3 Å². The van der Waals surface area contributed by atoms with Crippen molar-refractivity contribution in [2.45, 2.75) is 64.1 Å². The van der Waals surface area contributed by atoms with Gasteiger partial charge in [0.25, 0.3) is 0 Å². The molecule has 4 rings (SSSR count). The van der Waals surface area contributed by atoms with Crippen molar-refractivity contribution in [3.63, 3.8) is 0 Å². The average molecular weight is 441 g/mol. The van der Waals surface area contributed by atoms with E-state index in [-0.39, 0.29) is 19.1 Å². The molecule has 2 aromatic rings. The monoisotopic (exact) mass is 441 g/mol. The first-order valence-corrected chi connectivity index (χ1v) is 10.9. The number of rotatable bonds is 6. The Labute approximate surface area is 175 Å². The number of thiophene rings is 1. The number of anilines is 1. The summed E-state index contributed by atoms with van der Waals surface area (Å²) in [7, 11) is 0. The second kappa shape index (κ2) is 8.05. The zero-order valence-electron chi connectivity index (χ0n) is 16.5. The predicted molar refractivity (Wildman–Crippen MR) is 105 cm³/mol. The summed E-state index contributed by atoms with van der Waals surface area (Å²) in [5.74, 6) is -0.993. The number of nitrogens with one attached hydrogen (secondary N) is 1. The highest BCUT2D eigenvalue weighted by atomic mass is 32.1. The molecule has 0 atom stereocenters. The molecule has 1 N–H and O–H groups in total. The quantitative estimate of drug-likeness (QED) is 0.669. The summed E-state index contributed by atoms with van der Waals surface area (Å²) in [5, 5.41) is 6.75. The summed E-state index contributed by atoms with van der Waals surface area (Å²) in [5.41, 5.74) is 0.727. The molecule has 162 valence electrons. The summed E-state index contributed by atoms with van der Waals surface area (Å²) in [6, 6.07) is 1.03. The van der Waals surface area contributed by atoms with E-state index in [9.17, 15) is 22.8 Å². The molecule has 1 amide bonds. The Kier molecular flexibility index (Phi) is 5.61. The molecule has 2 aliphatic carbocycles. The third-order valence-electron chi connectivity index (χ3n) is 5.29. The molecular weight excluding hydrogens is 419 g/mol. The van der Waals surface area contributed by atoms with Crippen LogP contribution in [0.4, 0.5) is 18.2 Å². The number of hydrogen-bond donors (Lipinski definition) is 1. The number of carbonyl (C=O) groups excluding carboxylic acids is 2. The van der Waals surface area contributed by atoms with E-state index in [0.717, 1.165) is 59.7 Å². The Balaban J connectivity index is 1.57. The second-order valence-corrected chi connectivity index (χ2v) is 8.67. The highest BCUT2D eigenvalue weighted by Crippen LogP contribution is 2.42. The van der Waals surface area contributed by atoms with Crippen LogP contribution in [-0.2, 0) is 35.1 Å². The average Bonchev–Trinajstić information content (AvgIpc) is 3.32. The van der Waals surface area contributed by atoms with Gasteiger partial charge in [-0.3, -0.25) is 9.48 Å². The van der Waals surface area contributed by atoms with E-state index in [2.05, 4.69) is 10.4 Å². The second-order valence-electron chi connectivity index (χ2n) is 7.57. The number of aromatic nitrogens is 2. The largest absolute Gasteiger partial charge is 0.462 e. The Morgan fingerprint density at radius 3 is 2.70 bits per heavy atom. The summed E-state index contributed by atoms with van der Waals surface area (Å²) in [6.45, 7) is 1.59. The molecule has 1 fully saturated rings. The van der Waals surface area contributed by atoms with Crippen LogP contribution in [0.15, 0.2) is 6.07 Å². The molecule has 2 heterocycles. The summed E-state index contributed by atoms with van der Waals surface area (Å²) >= 11 is 1.34. The molecule has 10 heteroatoms. The van der Waals surface area contributed by atoms with Gasteiger partial charge in [0.15, 0.2) is 5.69 Å². The highest BCUT2D eigenvalue weighted by molar-refractivity contribution is 7.17. The molecule has 0 unspecified atom stereocenters. The van der Waals surface area contributed by atoms with Crippen molar-refractivity contribution in [2.24, 2.45) is 0 Å². The van der Waals surface area contributed by atoms with Gasteiger partial charge in [-0.15, -0.1) is 11.3 Å². The van der Waals surface area contributed by atoms with Crippen molar-refractivity contribution < 1.29 is 27.5 Å². The molecule has 0 spiro atoms. The maximum Gasteiger partial charge on any atom is 0.435 e. The SMILES string of the molecule is CCOC(=O)c1c(NC(=O)Cn2nc(C(F)(F)F)cc2C2CC2)sc2c1CCCC2. The Morgan fingerprint density at radius 1 is 1.30 bits per heavy atom. The molecule has 2 aromatic heterocycles. The number of fused-ring (bicyclic) bond motifs is 1. The lowest BCUT2D eigenvalue weighted by Gasteiger charge is -2.12. The summed E-state index contributed by atoms with van der Waals surface area (Å²) in [6.07, 6.45) is 0.570. The number of esters is 1. The Bertz CT molecular complexity index is 976. The molecule has 6 nitrogen and oxygen atoms in total. The van der Waals surface area contributed by atoms with Gasteiger partial charge in [0.05, 0.1) is 12.2 Å². The van der Waals surface area contributed by atoms with Crippen LogP contribution in [0.3, 0.4) is 0 Å². The van der Waals surface area contributed by atoms with E-state index < -0.39 is 23.7 Å². The minimum absolute atomic E-state index is 0.00513. The maximum absolute atomic E-state index is 13.1. The lowest BCUT2D eigenvalue weighted by Crippen LogP contribution is -2.22. The fraction of sp³-hybridized carbons (Fsp3) is 0.550. The molecule has 2 aliphatic rings. The number of hydrogen-bond acceptors (Lipinski definition) is 5. The van der Waals surface area contributed by atoms with E-state index >= 15 is 0 Å². The van der Waals surface area contributed by atoms with Crippen LogP contribution < -0.4 is 5.32 Å². The van der Waals surface area contributed by atoms with Crippen LogP contribution in [0, 0.1) is 0 Å². The van der Waals surface area contributed by atoms with E-state index in [1.54, 1.807) is 6.92 Å². The van der Waals surface area contributed by atoms with E-state index in [0.29, 0.717) is 16.3 Å². The number of aryl methyl sites for hydroxylation is 1. The fourth-order valence-electron chi connectivity index (χ4n) is 3.78. The van der Waals surface area contributed by atoms with E-state index in [4.69, 9.17) is 4.74 Å². The molecule has 0 saturated heterocycles. The third kappa shape index (κ3) is 4.23. The molecule has 0 bridgehead atoms. The molecule has 0 aromatic carbocycles. The smallest absolute Gasteiger partial charge is 0.435 e. The van der Waals surface area contributed by atoms with Crippen LogP contribution in [0.25, 0.3) is 0 Å². The van der Waals surface area contributed by atoms with Crippen molar-refractivity contribution in [3.8, 4) is 0 Å². The van der Waals surface area contributed by atoms with Crippen LogP contribution >= 0.6 is 11.3 Å². The van der Waals surface area contributed by atoms with Gasteiger partial charge >= 0.3 is 12.1 Å². The van der Waals surface area contributed by atoms with Gasteiger partial charge in [-0.05, 0) is 57.1 Å². The van der Waals surface area contributed by atoms with Crippen molar-refractivity contribution in [1.29, 1.82) is 0 Å². The Morgan fingerprint density at radius 2 is 2.03 bits per heavy atom. The first-order valence-electron chi connectivity index (χ1n) is 10.0. The predicted octanol–water partition coefficient (Wildman–Crippen LogP) is 4.54. The van der Waals surface area contributed by atoms with Crippen molar-refractivity contribution in [3.05, 3.63) is 33.5 Å². The van der Waals surface area contributed by atoms with E-state index in [1.165, 1.54) is 11.3 Å². The van der Waals surface area contributed by atoms with Crippen molar-refractivity contribution >= 4 is 28.2 Å². The zero-order valence-corrected chi connectivity index (χ0v) is 17.3. The topological polar surface area (TPSA) is 73.2 Å². The number of nitrogens with zero attached hydrogens (tertiary/aromatic N) is 2. The molecular formula is C20H22F3N3O3S. The van der Waals surface area contributed by atoms with Gasteiger partial charge in [0.2, 0.25) is 5.91 Å². The molecule has 30 heavy (non-hydrogen) atoms. The van der Waals surface area contributed by atoms with Crippen LogP contribution in [0.5, 0.6) is 0 Å². The number of halogens is 3. The van der Waals surface area contributed by atoms with E-state index in [1.807, 2.05) is 0 Å². The van der Waals surface area contributed by atoms with Gasteiger partial charge in [-0.1, -0.05) is 0 Å². The lowest BCUT2D eigenvalue weighted by molar-refractivity contribution is -0.141. The molecule has 0 radical (unpaired) electrons. The highest BCUT2D eigenvalue weighted by Gasteiger charge is 2.38. The van der Waals surface area contributed by atoms with Gasteiger partial charge in [-0.2, -0.15) is 18.3 Å². The number of carbonyl (C=O) groups is 2. The fourth-order valence-corrected chi connectivity index (χ4v) is 5.07. The zero-order chi connectivity index (χ0) is 21.5. The van der Waals surface area contributed by atoms with Crippen LogP contribution in [0.1, 0.15) is 70.7 Å². The standard InChI is InChI=1S/C20H22F3N3O3S/c1-2-29-19(28)17-12-5-3-4-6-14(12)30-18(17)24-16(27)10-26-13(11-7-8-11)9-15(25-26)20(21,22)23/h9,11H,2-8,10H2,1H3,(H,24,27).